The van der Waals surface area contributed by atoms with Crippen molar-refractivity contribution < 1.29 is 18.7 Å². The summed E-state index contributed by atoms with van der Waals surface area (Å²) in [5.41, 5.74) is 1.62. The molecule has 2 atom stereocenters. The number of esters is 1. The largest absolute Gasteiger partial charge is 0.467 e. The lowest BCUT2D eigenvalue weighted by Crippen LogP contribution is -2.37. The molecule has 1 aliphatic heterocycles. The Labute approximate surface area is 162 Å². The van der Waals surface area contributed by atoms with Crippen LogP contribution in [-0.2, 0) is 14.3 Å². The first-order valence-corrected chi connectivity index (χ1v) is 9.26. The summed E-state index contributed by atoms with van der Waals surface area (Å²) in [6.45, 7) is 3.44. The Hall–Kier alpha value is -2.60. The molecule has 1 aromatic carbocycles. The van der Waals surface area contributed by atoms with Crippen LogP contribution < -0.4 is 0 Å². The smallest absolute Gasteiger partial charge is 0.306 e. The molecule has 1 amide bonds. The van der Waals surface area contributed by atoms with Crippen LogP contribution in [0, 0.1) is 0 Å². The van der Waals surface area contributed by atoms with E-state index in [1.165, 1.54) is 5.01 Å². The van der Waals surface area contributed by atoms with Gasteiger partial charge in [-0.2, -0.15) is 5.10 Å². The van der Waals surface area contributed by atoms with Gasteiger partial charge < -0.3 is 9.15 Å². The SMILES string of the molecule is CCCC(=O)O[C@@H](C)C(=O)N1N=C(c2ccc(Cl)cc2)C[C@@H]1c1ccco1. The van der Waals surface area contributed by atoms with Crippen LogP contribution in [0.2, 0.25) is 5.02 Å². The van der Waals surface area contributed by atoms with Gasteiger partial charge in [-0.3, -0.25) is 9.59 Å². The second kappa shape index (κ2) is 8.39. The molecule has 1 aromatic heterocycles. The average Bonchev–Trinajstić information content (AvgIpc) is 3.31. The zero-order valence-electron chi connectivity index (χ0n) is 15.2. The maximum atomic E-state index is 12.9. The Morgan fingerprint density at radius 3 is 2.70 bits per heavy atom. The Kier molecular flexibility index (Phi) is 5.96. The highest BCUT2D eigenvalue weighted by molar-refractivity contribution is 6.30. The summed E-state index contributed by atoms with van der Waals surface area (Å²) >= 11 is 5.96. The number of rotatable bonds is 6. The van der Waals surface area contributed by atoms with E-state index in [2.05, 4.69) is 5.10 Å². The van der Waals surface area contributed by atoms with Crippen LogP contribution in [0.4, 0.5) is 0 Å². The van der Waals surface area contributed by atoms with Gasteiger partial charge in [-0.25, -0.2) is 5.01 Å². The second-order valence-corrected chi connectivity index (χ2v) is 6.79. The number of halogens is 1. The van der Waals surface area contributed by atoms with Crippen LogP contribution in [0.15, 0.2) is 52.2 Å². The average molecular weight is 389 g/mol. The van der Waals surface area contributed by atoms with Crippen molar-refractivity contribution in [3.63, 3.8) is 0 Å². The molecule has 0 unspecified atom stereocenters. The minimum absolute atomic E-state index is 0.276. The molecule has 0 spiro atoms. The highest BCUT2D eigenvalue weighted by atomic mass is 35.5. The molecule has 2 heterocycles. The summed E-state index contributed by atoms with van der Waals surface area (Å²) in [6.07, 6.45) is 2.07. The van der Waals surface area contributed by atoms with Crippen molar-refractivity contribution in [2.24, 2.45) is 5.10 Å². The van der Waals surface area contributed by atoms with Crippen LogP contribution in [0.1, 0.15) is 50.5 Å². The molecule has 0 saturated heterocycles. The summed E-state index contributed by atoms with van der Waals surface area (Å²) in [5, 5.41) is 6.49. The van der Waals surface area contributed by atoms with E-state index in [-0.39, 0.29) is 18.4 Å². The van der Waals surface area contributed by atoms with Gasteiger partial charge in [-0.15, -0.1) is 0 Å². The fourth-order valence-electron chi connectivity index (χ4n) is 2.93. The van der Waals surface area contributed by atoms with E-state index in [9.17, 15) is 9.59 Å². The van der Waals surface area contributed by atoms with Crippen molar-refractivity contribution in [1.82, 2.24) is 5.01 Å². The molecule has 2 aromatic rings. The maximum Gasteiger partial charge on any atom is 0.306 e. The first kappa shape index (κ1) is 19.2. The summed E-state index contributed by atoms with van der Waals surface area (Å²) in [7, 11) is 0. The number of ether oxygens (including phenoxy) is 1. The van der Waals surface area contributed by atoms with E-state index in [1.54, 1.807) is 37.5 Å². The van der Waals surface area contributed by atoms with Crippen molar-refractivity contribution >= 4 is 29.2 Å². The Balaban J connectivity index is 1.84. The minimum Gasteiger partial charge on any atom is -0.467 e. The summed E-state index contributed by atoms with van der Waals surface area (Å²) in [5.74, 6) is -0.151. The molecule has 0 radical (unpaired) electrons. The predicted molar refractivity (Wildman–Crippen MR) is 101 cm³/mol. The Morgan fingerprint density at radius 1 is 1.33 bits per heavy atom. The highest BCUT2D eigenvalue weighted by Gasteiger charge is 2.37. The van der Waals surface area contributed by atoms with Crippen LogP contribution in [0.3, 0.4) is 0 Å². The summed E-state index contributed by atoms with van der Waals surface area (Å²) in [6, 6.07) is 10.5. The molecule has 0 fully saturated rings. The van der Waals surface area contributed by atoms with E-state index in [0.717, 1.165) is 11.3 Å². The van der Waals surface area contributed by atoms with Gasteiger partial charge in [0.2, 0.25) is 0 Å². The van der Waals surface area contributed by atoms with Crippen molar-refractivity contribution in [1.29, 1.82) is 0 Å². The van der Waals surface area contributed by atoms with Crippen LogP contribution >= 0.6 is 11.6 Å². The first-order valence-electron chi connectivity index (χ1n) is 8.89. The molecule has 7 heteroatoms. The number of furan rings is 1. The van der Waals surface area contributed by atoms with Crippen molar-refractivity contribution in [2.75, 3.05) is 0 Å². The fraction of sp³-hybridized carbons (Fsp3) is 0.350. The van der Waals surface area contributed by atoms with E-state index in [0.29, 0.717) is 23.6 Å². The normalized spacial score (nSPS) is 17.5. The van der Waals surface area contributed by atoms with Crippen LogP contribution in [-0.4, -0.2) is 28.7 Å². The number of hydrogen-bond donors (Lipinski definition) is 0. The number of nitrogens with zero attached hydrogens (tertiary/aromatic N) is 2. The number of carbonyl (C=O) groups is 2. The topological polar surface area (TPSA) is 72.1 Å². The zero-order chi connectivity index (χ0) is 19.4. The lowest BCUT2D eigenvalue weighted by atomic mass is 10.0. The van der Waals surface area contributed by atoms with Crippen LogP contribution in [0.5, 0.6) is 0 Å². The molecule has 1 aliphatic rings. The third kappa shape index (κ3) is 4.39. The van der Waals surface area contributed by atoms with E-state index < -0.39 is 12.1 Å². The van der Waals surface area contributed by atoms with Gasteiger partial charge >= 0.3 is 5.97 Å². The number of hydrazone groups is 1. The summed E-state index contributed by atoms with van der Waals surface area (Å²) in [4.78, 5) is 24.6. The number of hydrogen-bond acceptors (Lipinski definition) is 5. The molecule has 0 aliphatic carbocycles. The molecule has 0 N–H and O–H groups in total. The standard InChI is InChI=1S/C20H21ClN2O4/c1-3-5-19(24)27-13(2)20(25)23-17(18-6-4-11-26-18)12-16(22-23)14-7-9-15(21)10-8-14/h4,6-11,13,17H,3,5,12H2,1-2H3/t13-,17+/m0/s1. The molecule has 27 heavy (non-hydrogen) atoms. The fourth-order valence-corrected chi connectivity index (χ4v) is 3.06. The Bertz CT molecular complexity index is 830. The number of amides is 1. The molecule has 6 nitrogen and oxygen atoms in total. The monoisotopic (exact) mass is 388 g/mol. The van der Waals surface area contributed by atoms with Crippen molar-refractivity contribution in [3.05, 3.63) is 59.0 Å². The maximum absolute atomic E-state index is 12.9. The van der Waals surface area contributed by atoms with Gasteiger partial charge in [-0.1, -0.05) is 30.7 Å². The summed E-state index contributed by atoms with van der Waals surface area (Å²) < 4.78 is 10.7. The molecule has 142 valence electrons. The van der Waals surface area contributed by atoms with E-state index in [4.69, 9.17) is 20.8 Å². The highest BCUT2D eigenvalue weighted by Crippen LogP contribution is 2.34. The van der Waals surface area contributed by atoms with Gasteiger partial charge in [0.1, 0.15) is 11.8 Å². The predicted octanol–water partition coefficient (Wildman–Crippen LogP) is 4.34. The van der Waals surface area contributed by atoms with E-state index >= 15 is 0 Å². The van der Waals surface area contributed by atoms with Crippen molar-refractivity contribution in [2.45, 2.75) is 45.3 Å². The lowest BCUT2D eigenvalue weighted by Gasteiger charge is -2.23. The van der Waals surface area contributed by atoms with Crippen LogP contribution in [0.25, 0.3) is 0 Å². The van der Waals surface area contributed by atoms with Gasteiger partial charge in [0, 0.05) is 17.9 Å². The quantitative estimate of drug-likeness (QED) is 0.690. The number of benzene rings is 1. The van der Waals surface area contributed by atoms with E-state index in [1.807, 2.05) is 19.1 Å². The molecule has 3 rings (SSSR count). The second-order valence-electron chi connectivity index (χ2n) is 6.35. The van der Waals surface area contributed by atoms with Gasteiger partial charge in [0.25, 0.3) is 5.91 Å². The lowest BCUT2D eigenvalue weighted by molar-refractivity contribution is -0.160. The zero-order valence-corrected chi connectivity index (χ0v) is 16.0. The number of carbonyl (C=O) groups excluding carboxylic acids is 2. The molecular formula is C20H21ClN2O4. The molecule has 0 bridgehead atoms. The van der Waals surface area contributed by atoms with Gasteiger partial charge in [-0.05, 0) is 43.2 Å². The minimum atomic E-state index is -0.921. The third-order valence-corrected chi connectivity index (χ3v) is 4.55. The first-order chi connectivity index (χ1) is 13.0. The molecular weight excluding hydrogens is 368 g/mol. The Morgan fingerprint density at radius 2 is 2.07 bits per heavy atom. The van der Waals surface area contributed by atoms with Gasteiger partial charge in [0.15, 0.2) is 6.10 Å². The molecule has 0 saturated carbocycles. The van der Waals surface area contributed by atoms with Crippen molar-refractivity contribution in [3.8, 4) is 0 Å². The third-order valence-electron chi connectivity index (χ3n) is 4.30. The van der Waals surface area contributed by atoms with Gasteiger partial charge in [0.05, 0.1) is 12.0 Å².